The lowest BCUT2D eigenvalue weighted by atomic mass is 10.1. The number of hydrogen-bond donors (Lipinski definition) is 1. The summed E-state index contributed by atoms with van der Waals surface area (Å²) in [6.07, 6.45) is 13.4. The van der Waals surface area contributed by atoms with Crippen LogP contribution in [0.4, 0.5) is 0 Å². The van der Waals surface area contributed by atoms with E-state index in [0.29, 0.717) is 0 Å². The molecule has 0 fully saturated rings. The molecule has 0 aliphatic heterocycles. The Bertz CT molecular complexity index is 241. The molecular formula is C16H31NOS. The van der Waals surface area contributed by atoms with Crippen molar-refractivity contribution in [2.24, 2.45) is 0 Å². The standard InChI is InChI=1S/C16H31NOS/c1-3-5-7-8-9-10-11-12-16(18)17(14-15-19)13-6-4-2/h11-12,19H,3-10,13-15H2,1-2H3. The van der Waals surface area contributed by atoms with Crippen LogP contribution in [0.25, 0.3) is 0 Å². The van der Waals surface area contributed by atoms with Crippen molar-refractivity contribution >= 4 is 18.5 Å². The van der Waals surface area contributed by atoms with E-state index in [1.54, 1.807) is 6.08 Å². The normalized spacial score (nSPS) is 11.1. The summed E-state index contributed by atoms with van der Waals surface area (Å²) in [6, 6.07) is 0. The molecule has 0 saturated heterocycles. The van der Waals surface area contributed by atoms with Crippen molar-refractivity contribution < 1.29 is 4.79 Å². The van der Waals surface area contributed by atoms with Crippen molar-refractivity contribution in [3.63, 3.8) is 0 Å². The van der Waals surface area contributed by atoms with Gasteiger partial charge in [0.15, 0.2) is 0 Å². The van der Waals surface area contributed by atoms with E-state index >= 15 is 0 Å². The molecule has 2 nitrogen and oxygen atoms in total. The van der Waals surface area contributed by atoms with Gasteiger partial charge in [0.1, 0.15) is 0 Å². The largest absolute Gasteiger partial charge is 0.338 e. The number of allylic oxidation sites excluding steroid dienone is 1. The molecule has 0 saturated carbocycles. The van der Waals surface area contributed by atoms with Gasteiger partial charge in [0.05, 0.1) is 0 Å². The highest BCUT2D eigenvalue weighted by Gasteiger charge is 2.08. The lowest BCUT2D eigenvalue weighted by molar-refractivity contribution is -0.125. The minimum atomic E-state index is 0.149. The fourth-order valence-electron chi connectivity index (χ4n) is 1.96. The Balaban J connectivity index is 3.82. The average Bonchev–Trinajstić information content (AvgIpc) is 2.42. The lowest BCUT2D eigenvalue weighted by Crippen LogP contribution is -2.32. The molecule has 0 rings (SSSR count). The van der Waals surface area contributed by atoms with E-state index in [4.69, 9.17) is 0 Å². The summed E-state index contributed by atoms with van der Waals surface area (Å²) in [5, 5.41) is 0. The van der Waals surface area contributed by atoms with Crippen molar-refractivity contribution in [1.82, 2.24) is 4.90 Å². The summed E-state index contributed by atoms with van der Waals surface area (Å²) in [5.41, 5.74) is 0. The second-order valence-electron chi connectivity index (χ2n) is 5.01. The summed E-state index contributed by atoms with van der Waals surface area (Å²) >= 11 is 4.22. The Morgan fingerprint density at radius 1 is 1.00 bits per heavy atom. The first-order valence-electron chi connectivity index (χ1n) is 7.82. The molecule has 112 valence electrons. The Hall–Kier alpha value is -0.440. The minimum absolute atomic E-state index is 0.149. The second-order valence-corrected chi connectivity index (χ2v) is 5.45. The van der Waals surface area contributed by atoms with Gasteiger partial charge < -0.3 is 4.90 Å². The van der Waals surface area contributed by atoms with Crippen LogP contribution >= 0.6 is 12.6 Å². The molecule has 0 atom stereocenters. The number of hydrogen-bond acceptors (Lipinski definition) is 2. The third kappa shape index (κ3) is 11.1. The molecule has 0 aromatic heterocycles. The molecule has 1 amide bonds. The van der Waals surface area contributed by atoms with Crippen LogP contribution in [-0.2, 0) is 4.79 Å². The first kappa shape index (κ1) is 18.6. The van der Waals surface area contributed by atoms with Gasteiger partial charge in [-0.15, -0.1) is 0 Å². The van der Waals surface area contributed by atoms with Crippen LogP contribution in [-0.4, -0.2) is 29.6 Å². The number of nitrogens with zero attached hydrogens (tertiary/aromatic N) is 1. The third-order valence-corrected chi connectivity index (χ3v) is 3.40. The molecule has 0 heterocycles. The number of thiol groups is 1. The van der Waals surface area contributed by atoms with Gasteiger partial charge in [0.2, 0.25) is 5.91 Å². The number of carbonyl (C=O) groups is 1. The Labute approximate surface area is 125 Å². The molecule has 0 spiro atoms. The topological polar surface area (TPSA) is 20.3 Å². The van der Waals surface area contributed by atoms with Crippen molar-refractivity contribution in [2.75, 3.05) is 18.8 Å². The van der Waals surface area contributed by atoms with Crippen molar-refractivity contribution in [2.45, 2.75) is 65.2 Å². The van der Waals surface area contributed by atoms with E-state index in [2.05, 4.69) is 26.5 Å². The maximum Gasteiger partial charge on any atom is 0.246 e. The fraction of sp³-hybridized carbons (Fsp3) is 0.812. The van der Waals surface area contributed by atoms with Crippen molar-refractivity contribution in [1.29, 1.82) is 0 Å². The first-order chi connectivity index (χ1) is 9.26. The van der Waals surface area contributed by atoms with Crippen LogP contribution in [0, 0.1) is 0 Å². The van der Waals surface area contributed by atoms with Gasteiger partial charge in [-0.2, -0.15) is 12.6 Å². The number of unbranched alkanes of at least 4 members (excludes halogenated alkanes) is 6. The Morgan fingerprint density at radius 3 is 2.32 bits per heavy atom. The molecule has 0 aliphatic rings. The zero-order chi connectivity index (χ0) is 14.3. The molecule has 19 heavy (non-hydrogen) atoms. The molecular weight excluding hydrogens is 254 g/mol. The van der Waals surface area contributed by atoms with Crippen LogP contribution < -0.4 is 0 Å². The van der Waals surface area contributed by atoms with E-state index < -0.39 is 0 Å². The summed E-state index contributed by atoms with van der Waals surface area (Å²) in [4.78, 5) is 13.9. The van der Waals surface area contributed by atoms with Gasteiger partial charge in [-0.1, -0.05) is 52.0 Å². The molecule has 0 aromatic carbocycles. The van der Waals surface area contributed by atoms with Crippen LogP contribution in [0.3, 0.4) is 0 Å². The predicted octanol–water partition coefficient (Wildman–Crippen LogP) is 4.46. The van der Waals surface area contributed by atoms with Crippen LogP contribution in [0.5, 0.6) is 0 Å². The molecule has 0 aromatic rings. The van der Waals surface area contributed by atoms with E-state index in [-0.39, 0.29) is 5.91 Å². The van der Waals surface area contributed by atoms with Gasteiger partial charge in [0, 0.05) is 18.8 Å². The molecule has 0 N–H and O–H groups in total. The average molecular weight is 285 g/mol. The predicted molar refractivity (Wildman–Crippen MR) is 87.9 cm³/mol. The van der Waals surface area contributed by atoms with Crippen molar-refractivity contribution in [3.05, 3.63) is 12.2 Å². The molecule has 0 radical (unpaired) electrons. The maximum atomic E-state index is 12.0. The van der Waals surface area contributed by atoms with Crippen LogP contribution in [0.15, 0.2) is 12.2 Å². The fourth-order valence-corrected chi connectivity index (χ4v) is 2.20. The molecule has 0 aliphatic carbocycles. The SMILES string of the molecule is CCCCCCCC=CC(=O)N(CCS)CCCC. The van der Waals surface area contributed by atoms with Gasteiger partial charge in [-0.3, -0.25) is 4.79 Å². The Kier molecular flexibility index (Phi) is 13.7. The summed E-state index contributed by atoms with van der Waals surface area (Å²) < 4.78 is 0. The van der Waals surface area contributed by atoms with Gasteiger partial charge in [-0.05, 0) is 25.3 Å². The third-order valence-electron chi connectivity index (χ3n) is 3.20. The Morgan fingerprint density at radius 2 is 1.68 bits per heavy atom. The number of carbonyl (C=O) groups excluding carboxylic acids is 1. The van der Waals surface area contributed by atoms with E-state index in [9.17, 15) is 4.79 Å². The monoisotopic (exact) mass is 285 g/mol. The van der Waals surface area contributed by atoms with Gasteiger partial charge in [-0.25, -0.2) is 0 Å². The van der Waals surface area contributed by atoms with E-state index in [0.717, 1.165) is 38.1 Å². The second kappa shape index (κ2) is 14.0. The highest BCUT2D eigenvalue weighted by Crippen LogP contribution is 2.06. The highest BCUT2D eigenvalue weighted by molar-refractivity contribution is 7.80. The number of amides is 1. The first-order valence-corrected chi connectivity index (χ1v) is 8.45. The zero-order valence-corrected chi connectivity index (χ0v) is 13.6. The van der Waals surface area contributed by atoms with E-state index in [1.165, 1.54) is 32.1 Å². The number of rotatable bonds is 12. The maximum absolute atomic E-state index is 12.0. The quantitative estimate of drug-likeness (QED) is 0.319. The summed E-state index contributed by atoms with van der Waals surface area (Å²) in [7, 11) is 0. The van der Waals surface area contributed by atoms with Gasteiger partial charge in [0.25, 0.3) is 0 Å². The van der Waals surface area contributed by atoms with Crippen LogP contribution in [0.2, 0.25) is 0 Å². The van der Waals surface area contributed by atoms with Crippen molar-refractivity contribution in [3.8, 4) is 0 Å². The lowest BCUT2D eigenvalue weighted by Gasteiger charge is -2.19. The van der Waals surface area contributed by atoms with E-state index in [1.807, 2.05) is 11.0 Å². The highest BCUT2D eigenvalue weighted by atomic mass is 32.1. The molecule has 0 unspecified atom stereocenters. The molecule has 3 heteroatoms. The van der Waals surface area contributed by atoms with Gasteiger partial charge >= 0.3 is 0 Å². The smallest absolute Gasteiger partial charge is 0.246 e. The zero-order valence-electron chi connectivity index (χ0n) is 12.7. The summed E-state index contributed by atoms with van der Waals surface area (Å²) in [5.74, 6) is 0.886. The van der Waals surface area contributed by atoms with Crippen LogP contribution in [0.1, 0.15) is 65.2 Å². The minimum Gasteiger partial charge on any atom is -0.338 e. The molecule has 0 bridgehead atoms. The summed E-state index contributed by atoms with van der Waals surface area (Å²) in [6.45, 7) is 5.99.